The highest BCUT2D eigenvalue weighted by atomic mass is 19.1. The van der Waals surface area contributed by atoms with Crippen molar-refractivity contribution in [2.45, 2.75) is 32.6 Å². The molecule has 26 heavy (non-hydrogen) atoms. The van der Waals surface area contributed by atoms with Gasteiger partial charge in [-0.1, -0.05) is 6.07 Å². The molecule has 4 rings (SSSR count). The van der Waals surface area contributed by atoms with Gasteiger partial charge < -0.3 is 14.5 Å². The molecule has 134 valence electrons. The molecule has 0 unspecified atom stereocenters. The molecule has 1 amide bonds. The van der Waals surface area contributed by atoms with E-state index in [2.05, 4.69) is 5.32 Å². The number of rotatable bonds is 4. The molecule has 0 saturated carbocycles. The van der Waals surface area contributed by atoms with E-state index in [0.29, 0.717) is 5.75 Å². The van der Waals surface area contributed by atoms with Crippen molar-refractivity contribution < 1.29 is 18.3 Å². The molecule has 0 aliphatic heterocycles. The number of benzene rings is 2. The quantitative estimate of drug-likeness (QED) is 0.735. The van der Waals surface area contributed by atoms with Gasteiger partial charge in [-0.25, -0.2) is 4.39 Å². The van der Waals surface area contributed by atoms with Gasteiger partial charge in [0, 0.05) is 17.4 Å². The summed E-state index contributed by atoms with van der Waals surface area (Å²) in [5.41, 5.74) is 3.15. The Balaban J connectivity index is 1.45. The fraction of sp³-hybridized carbons (Fsp3) is 0.286. The van der Waals surface area contributed by atoms with E-state index in [0.717, 1.165) is 48.0 Å². The molecule has 0 spiro atoms. The first kappa shape index (κ1) is 16.6. The highest BCUT2D eigenvalue weighted by Gasteiger charge is 2.18. The fourth-order valence-electron chi connectivity index (χ4n) is 3.40. The number of hydrogen-bond acceptors (Lipinski definition) is 3. The summed E-state index contributed by atoms with van der Waals surface area (Å²) in [6.45, 7) is 1.66. The van der Waals surface area contributed by atoms with Crippen LogP contribution in [0.2, 0.25) is 0 Å². The second-order valence-electron chi connectivity index (χ2n) is 6.69. The zero-order chi connectivity index (χ0) is 18.1. The van der Waals surface area contributed by atoms with Gasteiger partial charge in [0.15, 0.2) is 6.61 Å². The number of anilines is 1. The summed E-state index contributed by atoms with van der Waals surface area (Å²) in [4.78, 5) is 12.1. The van der Waals surface area contributed by atoms with E-state index < -0.39 is 11.7 Å². The van der Waals surface area contributed by atoms with Crippen molar-refractivity contribution >= 4 is 22.6 Å². The predicted octanol–water partition coefficient (Wildman–Crippen LogP) is 4.78. The van der Waals surface area contributed by atoms with Crippen LogP contribution in [0.25, 0.3) is 11.0 Å². The van der Waals surface area contributed by atoms with Gasteiger partial charge in [0.1, 0.15) is 22.9 Å². The van der Waals surface area contributed by atoms with Crippen LogP contribution in [0.15, 0.2) is 40.8 Å². The van der Waals surface area contributed by atoms with Gasteiger partial charge in [0.25, 0.3) is 5.91 Å². The normalized spacial score (nSPS) is 13.5. The lowest BCUT2D eigenvalue weighted by atomic mass is 9.96. The van der Waals surface area contributed by atoms with Crippen molar-refractivity contribution in [3.05, 3.63) is 59.1 Å². The second kappa shape index (κ2) is 6.83. The predicted molar refractivity (Wildman–Crippen MR) is 98.1 cm³/mol. The number of carbonyl (C=O) groups excluding carboxylic acids is 1. The van der Waals surface area contributed by atoms with Gasteiger partial charge in [0.2, 0.25) is 0 Å². The van der Waals surface area contributed by atoms with Gasteiger partial charge >= 0.3 is 0 Å². The van der Waals surface area contributed by atoms with E-state index >= 15 is 0 Å². The number of hydrogen-bond donors (Lipinski definition) is 1. The topological polar surface area (TPSA) is 51.5 Å². The van der Waals surface area contributed by atoms with Crippen LogP contribution >= 0.6 is 0 Å². The Hall–Kier alpha value is -2.82. The molecule has 3 aromatic rings. The van der Waals surface area contributed by atoms with Crippen molar-refractivity contribution in [2.24, 2.45) is 0 Å². The Labute approximate surface area is 151 Å². The van der Waals surface area contributed by atoms with Gasteiger partial charge in [-0.2, -0.15) is 0 Å². The maximum atomic E-state index is 13.7. The smallest absolute Gasteiger partial charge is 0.262 e. The third-order valence-electron chi connectivity index (χ3n) is 4.69. The Morgan fingerprint density at radius 2 is 2.04 bits per heavy atom. The van der Waals surface area contributed by atoms with Crippen LogP contribution in [0, 0.1) is 12.7 Å². The molecule has 1 aliphatic carbocycles. The van der Waals surface area contributed by atoms with Crippen LogP contribution in [0.5, 0.6) is 5.75 Å². The highest BCUT2D eigenvalue weighted by Crippen LogP contribution is 2.33. The largest absolute Gasteiger partial charge is 0.484 e. The summed E-state index contributed by atoms with van der Waals surface area (Å²) in [6.07, 6.45) is 4.31. The van der Waals surface area contributed by atoms with Crippen LogP contribution in [-0.4, -0.2) is 12.5 Å². The van der Waals surface area contributed by atoms with Crippen molar-refractivity contribution in [1.29, 1.82) is 0 Å². The minimum absolute atomic E-state index is 0.165. The SMILES string of the molecule is Cc1ccc(F)c(NC(=O)COc2ccc3oc4c(c3c2)CCCC4)c1. The maximum absolute atomic E-state index is 13.7. The highest BCUT2D eigenvalue weighted by molar-refractivity contribution is 5.92. The molecule has 1 aliphatic rings. The van der Waals surface area contributed by atoms with Crippen LogP contribution in [0.1, 0.15) is 29.7 Å². The zero-order valence-electron chi connectivity index (χ0n) is 14.6. The fourth-order valence-corrected chi connectivity index (χ4v) is 3.40. The number of fused-ring (bicyclic) bond motifs is 3. The van der Waals surface area contributed by atoms with E-state index in [-0.39, 0.29) is 12.3 Å². The van der Waals surface area contributed by atoms with E-state index in [1.807, 2.05) is 19.1 Å². The van der Waals surface area contributed by atoms with Crippen LogP contribution in [0.4, 0.5) is 10.1 Å². The molecule has 4 nitrogen and oxygen atoms in total. The minimum Gasteiger partial charge on any atom is -0.484 e. The molecular weight excluding hydrogens is 333 g/mol. The molecule has 0 radical (unpaired) electrons. The Bertz CT molecular complexity index is 977. The molecule has 1 N–H and O–H groups in total. The van der Waals surface area contributed by atoms with Crippen molar-refractivity contribution in [1.82, 2.24) is 0 Å². The first-order valence-corrected chi connectivity index (χ1v) is 8.83. The lowest BCUT2D eigenvalue weighted by Crippen LogP contribution is -2.20. The second-order valence-corrected chi connectivity index (χ2v) is 6.69. The van der Waals surface area contributed by atoms with Gasteiger partial charge in [0.05, 0.1) is 5.69 Å². The van der Waals surface area contributed by atoms with Crippen molar-refractivity contribution in [2.75, 3.05) is 11.9 Å². The zero-order valence-corrected chi connectivity index (χ0v) is 14.6. The number of furan rings is 1. The molecule has 5 heteroatoms. The summed E-state index contributed by atoms with van der Waals surface area (Å²) in [6, 6.07) is 10.2. The number of amides is 1. The number of ether oxygens (including phenoxy) is 1. The Morgan fingerprint density at radius 3 is 2.92 bits per heavy atom. The van der Waals surface area contributed by atoms with Crippen LogP contribution < -0.4 is 10.1 Å². The third kappa shape index (κ3) is 3.29. The first-order valence-electron chi connectivity index (χ1n) is 8.83. The summed E-state index contributed by atoms with van der Waals surface area (Å²) in [7, 11) is 0. The lowest BCUT2D eigenvalue weighted by Gasteiger charge is -2.10. The average molecular weight is 353 g/mol. The van der Waals surface area contributed by atoms with Crippen molar-refractivity contribution in [3.8, 4) is 5.75 Å². The molecule has 1 heterocycles. The van der Waals surface area contributed by atoms with Crippen LogP contribution in [0.3, 0.4) is 0 Å². The number of halogens is 1. The summed E-state index contributed by atoms with van der Waals surface area (Å²) in [5, 5.41) is 3.60. The molecule has 0 bridgehead atoms. The third-order valence-corrected chi connectivity index (χ3v) is 4.69. The average Bonchev–Trinajstić information content (AvgIpc) is 3.01. The summed E-state index contributed by atoms with van der Waals surface area (Å²) >= 11 is 0. The van der Waals surface area contributed by atoms with E-state index in [1.165, 1.54) is 11.6 Å². The van der Waals surface area contributed by atoms with Gasteiger partial charge in [-0.15, -0.1) is 0 Å². The standard InChI is InChI=1S/C21H20FNO3/c1-13-6-8-17(22)18(10-13)23-21(24)12-25-14-7-9-20-16(11-14)15-4-2-3-5-19(15)26-20/h6-11H,2-5,12H2,1H3,(H,23,24). The molecule has 1 aromatic heterocycles. The number of aryl methyl sites for hydroxylation is 3. The van der Waals surface area contributed by atoms with E-state index in [9.17, 15) is 9.18 Å². The first-order chi connectivity index (χ1) is 12.6. The molecule has 0 saturated heterocycles. The molecule has 0 fully saturated rings. The maximum Gasteiger partial charge on any atom is 0.262 e. The van der Waals surface area contributed by atoms with E-state index in [4.69, 9.17) is 9.15 Å². The number of carbonyl (C=O) groups is 1. The summed E-state index contributed by atoms with van der Waals surface area (Å²) in [5.74, 6) is 0.807. The Kier molecular flexibility index (Phi) is 4.37. The van der Waals surface area contributed by atoms with Crippen molar-refractivity contribution in [3.63, 3.8) is 0 Å². The van der Waals surface area contributed by atoms with E-state index in [1.54, 1.807) is 18.2 Å². The molecule has 2 aromatic carbocycles. The molecular formula is C21H20FNO3. The van der Waals surface area contributed by atoms with Crippen LogP contribution in [-0.2, 0) is 17.6 Å². The van der Waals surface area contributed by atoms with Gasteiger partial charge in [-0.3, -0.25) is 4.79 Å². The number of nitrogens with one attached hydrogen (secondary N) is 1. The molecule has 0 atom stereocenters. The minimum atomic E-state index is -0.463. The van der Waals surface area contributed by atoms with Gasteiger partial charge in [-0.05, 0) is 62.1 Å². The lowest BCUT2D eigenvalue weighted by molar-refractivity contribution is -0.118. The summed E-state index contributed by atoms with van der Waals surface area (Å²) < 4.78 is 25.2. The monoisotopic (exact) mass is 353 g/mol. The Morgan fingerprint density at radius 1 is 1.19 bits per heavy atom.